The molecule has 1 aliphatic carbocycles. The van der Waals surface area contributed by atoms with E-state index in [9.17, 15) is 14.4 Å². The molecule has 0 bridgehead atoms. The van der Waals surface area contributed by atoms with Gasteiger partial charge in [0, 0.05) is 5.56 Å². The van der Waals surface area contributed by atoms with Crippen LogP contribution in [-0.2, 0) is 33.6 Å². The average Bonchev–Trinajstić information content (AvgIpc) is 3.25. The molecule has 31 heavy (non-hydrogen) atoms. The molecule has 0 fully saturated rings. The zero-order chi connectivity index (χ0) is 21.8. The summed E-state index contributed by atoms with van der Waals surface area (Å²) in [6.45, 7) is 1.29. The summed E-state index contributed by atoms with van der Waals surface area (Å²) < 4.78 is 5.25. The third-order valence-electron chi connectivity index (χ3n) is 5.72. The Bertz CT molecular complexity index is 1150. The smallest absolute Gasteiger partial charge is 0.326 e. The van der Waals surface area contributed by atoms with Gasteiger partial charge in [-0.3, -0.25) is 14.4 Å². The van der Waals surface area contributed by atoms with Crippen molar-refractivity contribution >= 4 is 28.4 Å². The number of ketones is 1. The second-order valence-electron chi connectivity index (χ2n) is 7.93. The minimum absolute atomic E-state index is 0.165. The molecule has 0 saturated heterocycles. The average molecular weight is 415 g/mol. The lowest BCUT2D eigenvalue weighted by atomic mass is 10.0. The molecule has 1 aliphatic rings. The minimum Gasteiger partial charge on any atom is -0.453 e. The first-order valence-corrected chi connectivity index (χ1v) is 10.6. The van der Waals surface area contributed by atoms with Gasteiger partial charge in [-0.25, -0.2) is 0 Å². The first kappa shape index (κ1) is 20.8. The van der Waals surface area contributed by atoms with Crippen LogP contribution in [0.1, 0.15) is 40.4 Å². The molecule has 0 spiro atoms. The van der Waals surface area contributed by atoms with Gasteiger partial charge in [-0.1, -0.05) is 54.6 Å². The molecule has 1 N–H and O–H groups in total. The Kier molecular flexibility index (Phi) is 6.12. The number of carbonyl (C=O) groups is 3. The molecule has 4 rings (SSSR count). The molecule has 0 aliphatic heterocycles. The lowest BCUT2D eigenvalue weighted by Gasteiger charge is -2.14. The highest BCUT2D eigenvalue weighted by Gasteiger charge is 2.22. The Balaban J connectivity index is 1.29. The Labute approximate surface area is 181 Å². The maximum absolute atomic E-state index is 12.6. The molecule has 3 aromatic carbocycles. The van der Waals surface area contributed by atoms with Crippen LogP contribution in [0.25, 0.3) is 10.8 Å². The van der Waals surface area contributed by atoms with Crippen LogP contribution < -0.4 is 5.32 Å². The van der Waals surface area contributed by atoms with E-state index in [0.29, 0.717) is 5.56 Å². The van der Waals surface area contributed by atoms with Gasteiger partial charge in [-0.2, -0.15) is 0 Å². The van der Waals surface area contributed by atoms with E-state index in [-0.39, 0.29) is 24.7 Å². The fourth-order valence-corrected chi connectivity index (χ4v) is 4.11. The summed E-state index contributed by atoms with van der Waals surface area (Å²) in [7, 11) is 0. The molecule has 1 amide bonds. The summed E-state index contributed by atoms with van der Waals surface area (Å²) in [6.07, 6.45) is 2.40. The summed E-state index contributed by atoms with van der Waals surface area (Å²) in [5, 5.41) is 4.66. The van der Waals surface area contributed by atoms with E-state index in [4.69, 9.17) is 4.74 Å². The van der Waals surface area contributed by atoms with Crippen LogP contribution in [0.5, 0.6) is 0 Å². The highest BCUT2D eigenvalue weighted by Crippen LogP contribution is 2.23. The molecular formula is C26H25NO4. The van der Waals surface area contributed by atoms with Gasteiger partial charge in [0.1, 0.15) is 6.54 Å². The quantitative estimate of drug-likeness (QED) is 0.471. The molecule has 0 saturated carbocycles. The normalized spacial score (nSPS) is 13.5. The van der Waals surface area contributed by atoms with Crippen molar-refractivity contribution in [3.63, 3.8) is 0 Å². The summed E-state index contributed by atoms with van der Waals surface area (Å²) in [5.41, 5.74) is 3.94. The topological polar surface area (TPSA) is 72.5 Å². The van der Waals surface area contributed by atoms with Gasteiger partial charge in [0.25, 0.3) is 0 Å². The first-order valence-electron chi connectivity index (χ1n) is 10.6. The van der Waals surface area contributed by atoms with Crippen molar-refractivity contribution in [2.75, 3.05) is 6.54 Å². The van der Waals surface area contributed by atoms with E-state index >= 15 is 0 Å². The number of Topliss-reactive ketones (excluding diaryl/α,β-unsaturated/α-hetero) is 1. The minimum atomic E-state index is -0.901. The molecule has 158 valence electrons. The van der Waals surface area contributed by atoms with Crippen LogP contribution in [-0.4, -0.2) is 30.3 Å². The second kappa shape index (κ2) is 9.13. The third-order valence-corrected chi connectivity index (χ3v) is 5.72. The second-order valence-corrected chi connectivity index (χ2v) is 7.93. The van der Waals surface area contributed by atoms with E-state index in [2.05, 4.69) is 5.32 Å². The van der Waals surface area contributed by atoms with Crippen molar-refractivity contribution in [2.45, 2.75) is 38.7 Å². The van der Waals surface area contributed by atoms with Gasteiger partial charge in [0.15, 0.2) is 6.10 Å². The lowest BCUT2D eigenvalue weighted by molar-refractivity contribution is -0.146. The molecule has 0 radical (unpaired) electrons. The zero-order valence-corrected chi connectivity index (χ0v) is 17.5. The van der Waals surface area contributed by atoms with Crippen LogP contribution in [0.4, 0.5) is 0 Å². The number of carbonyl (C=O) groups excluding carboxylic acids is 3. The van der Waals surface area contributed by atoms with Crippen LogP contribution in [0.15, 0.2) is 60.7 Å². The number of hydrogen-bond acceptors (Lipinski definition) is 4. The fraction of sp³-hybridized carbons (Fsp3) is 0.269. The molecule has 1 atom stereocenters. The van der Waals surface area contributed by atoms with Crippen LogP contribution in [0.2, 0.25) is 0 Å². The number of esters is 1. The largest absolute Gasteiger partial charge is 0.453 e. The number of hydrogen-bond donors (Lipinski definition) is 1. The summed E-state index contributed by atoms with van der Waals surface area (Å²) in [5.74, 6) is -1.13. The number of ether oxygens (including phenoxy) is 1. The zero-order valence-electron chi connectivity index (χ0n) is 17.5. The molecule has 0 unspecified atom stereocenters. The van der Waals surface area contributed by atoms with E-state index < -0.39 is 12.1 Å². The van der Waals surface area contributed by atoms with Crippen molar-refractivity contribution in [1.82, 2.24) is 5.32 Å². The number of benzene rings is 3. The molecule has 0 heterocycles. The number of rotatable bonds is 7. The first-order chi connectivity index (χ1) is 15.0. The van der Waals surface area contributed by atoms with Crippen molar-refractivity contribution in [1.29, 1.82) is 0 Å². The number of aryl methyl sites for hydroxylation is 2. The molecular weight excluding hydrogens is 390 g/mol. The van der Waals surface area contributed by atoms with Crippen LogP contribution in [0.3, 0.4) is 0 Å². The summed E-state index contributed by atoms with van der Waals surface area (Å²) >= 11 is 0. The van der Waals surface area contributed by atoms with E-state index in [1.54, 1.807) is 13.0 Å². The Morgan fingerprint density at radius 1 is 0.968 bits per heavy atom. The SMILES string of the molecule is C[C@H](OC(=O)CNC(=O)Cc1cccc2ccccc12)C(=O)c1ccc2c(c1)CCC2. The Morgan fingerprint density at radius 3 is 2.61 bits per heavy atom. The molecule has 5 nitrogen and oxygen atoms in total. The Hall–Kier alpha value is -3.47. The molecule has 3 aromatic rings. The van der Waals surface area contributed by atoms with Crippen molar-refractivity contribution in [2.24, 2.45) is 0 Å². The predicted molar refractivity (Wildman–Crippen MR) is 119 cm³/mol. The molecule has 0 aromatic heterocycles. The Morgan fingerprint density at radius 2 is 1.74 bits per heavy atom. The van der Waals surface area contributed by atoms with Gasteiger partial charge in [0.05, 0.1) is 6.42 Å². The maximum Gasteiger partial charge on any atom is 0.326 e. The lowest BCUT2D eigenvalue weighted by Crippen LogP contribution is -2.34. The highest BCUT2D eigenvalue weighted by molar-refractivity contribution is 6.00. The van der Waals surface area contributed by atoms with Crippen LogP contribution >= 0.6 is 0 Å². The van der Waals surface area contributed by atoms with Gasteiger partial charge >= 0.3 is 5.97 Å². The fourth-order valence-electron chi connectivity index (χ4n) is 4.11. The highest BCUT2D eigenvalue weighted by atomic mass is 16.5. The number of amides is 1. The summed E-state index contributed by atoms with van der Waals surface area (Å²) in [6, 6.07) is 19.3. The van der Waals surface area contributed by atoms with Crippen molar-refractivity contribution in [3.05, 3.63) is 82.9 Å². The molecule has 5 heteroatoms. The van der Waals surface area contributed by atoms with Gasteiger partial charge < -0.3 is 10.1 Å². The van der Waals surface area contributed by atoms with E-state index in [1.807, 2.05) is 54.6 Å². The van der Waals surface area contributed by atoms with E-state index in [1.165, 1.54) is 11.1 Å². The standard InChI is InChI=1S/C26H25NO4/c1-17(26(30)22-13-12-18-7-4-9-20(18)14-22)31-25(29)16-27-24(28)15-21-10-5-8-19-6-2-3-11-23(19)21/h2-3,5-6,8,10-14,17H,4,7,9,15-16H2,1H3,(H,27,28)/t17-/m0/s1. The van der Waals surface area contributed by atoms with Gasteiger partial charge in [0.2, 0.25) is 11.7 Å². The van der Waals surface area contributed by atoms with Gasteiger partial charge in [-0.05, 0) is 59.7 Å². The maximum atomic E-state index is 12.6. The number of fused-ring (bicyclic) bond motifs is 2. The van der Waals surface area contributed by atoms with Crippen molar-refractivity contribution in [3.8, 4) is 0 Å². The summed E-state index contributed by atoms with van der Waals surface area (Å²) in [4.78, 5) is 37.1. The van der Waals surface area contributed by atoms with E-state index in [0.717, 1.165) is 35.6 Å². The third kappa shape index (κ3) is 4.82. The monoisotopic (exact) mass is 415 g/mol. The van der Waals surface area contributed by atoms with Gasteiger partial charge in [-0.15, -0.1) is 0 Å². The van der Waals surface area contributed by atoms with Crippen molar-refractivity contribution < 1.29 is 19.1 Å². The predicted octanol–water partition coefficient (Wildman–Crippen LogP) is 3.80. The number of nitrogens with one attached hydrogen (secondary N) is 1. The van der Waals surface area contributed by atoms with Crippen LogP contribution in [0, 0.1) is 0 Å².